The van der Waals surface area contributed by atoms with E-state index in [1.54, 1.807) is 0 Å². The molecule has 0 radical (unpaired) electrons. The largest absolute Gasteiger partial charge is 0.377 e. The van der Waals surface area contributed by atoms with Crippen LogP contribution >= 0.6 is 0 Å². The summed E-state index contributed by atoms with van der Waals surface area (Å²) in [6, 6.07) is 16.4. The molecule has 0 amide bonds. The molecule has 2 nitrogen and oxygen atoms in total. The number of carbonyl (C=O) groups is 1. The molecule has 0 bridgehead atoms. The van der Waals surface area contributed by atoms with Crippen LogP contribution in [0.5, 0.6) is 0 Å². The lowest BCUT2D eigenvalue weighted by Gasteiger charge is -2.30. The van der Waals surface area contributed by atoms with Crippen molar-refractivity contribution < 1.29 is 4.79 Å². The smallest absolute Gasteiger partial charge is 0.171 e. The van der Waals surface area contributed by atoms with Crippen molar-refractivity contribution in [3.63, 3.8) is 0 Å². The number of ketones is 1. The summed E-state index contributed by atoms with van der Waals surface area (Å²) in [7, 11) is 0. The van der Waals surface area contributed by atoms with Gasteiger partial charge in [0.2, 0.25) is 0 Å². The van der Waals surface area contributed by atoms with E-state index in [0.717, 1.165) is 11.3 Å². The van der Waals surface area contributed by atoms with Crippen LogP contribution in [0.15, 0.2) is 48.5 Å². The molecule has 2 aromatic carbocycles. The molecule has 2 aliphatic rings. The van der Waals surface area contributed by atoms with E-state index < -0.39 is 0 Å². The Kier molecular flexibility index (Phi) is 2.10. The van der Waals surface area contributed by atoms with E-state index in [0.29, 0.717) is 0 Å². The minimum Gasteiger partial charge on any atom is -0.377 e. The van der Waals surface area contributed by atoms with Gasteiger partial charge in [0.15, 0.2) is 5.78 Å². The van der Waals surface area contributed by atoms with Crippen LogP contribution in [0, 0.1) is 5.92 Å². The standard InChI is InChI=1S/C17H15NO/c1-10-11-6-2-3-7-12(11)16-15(10)17(19)13-8-4-5-9-14(13)18-16/h2-10,15-16,18H,1H3/t10-,15+,16-/m1/s1. The lowest BCUT2D eigenvalue weighted by molar-refractivity contribution is 0.0891. The second kappa shape index (κ2) is 3.70. The normalized spacial score (nSPS) is 27.2. The van der Waals surface area contributed by atoms with Gasteiger partial charge in [-0.05, 0) is 29.2 Å². The Labute approximate surface area is 112 Å². The van der Waals surface area contributed by atoms with Crippen molar-refractivity contribution in [1.29, 1.82) is 0 Å². The van der Waals surface area contributed by atoms with Crippen molar-refractivity contribution in [3.05, 3.63) is 65.2 Å². The molecule has 3 atom stereocenters. The van der Waals surface area contributed by atoms with Crippen LogP contribution in [0.2, 0.25) is 0 Å². The average molecular weight is 249 g/mol. The summed E-state index contributed by atoms with van der Waals surface area (Å²) in [5.41, 5.74) is 4.40. The van der Waals surface area contributed by atoms with Gasteiger partial charge in [-0.2, -0.15) is 0 Å². The van der Waals surface area contributed by atoms with Crippen molar-refractivity contribution in [2.45, 2.75) is 18.9 Å². The van der Waals surface area contributed by atoms with E-state index in [4.69, 9.17) is 0 Å². The molecule has 0 unspecified atom stereocenters. The molecule has 0 saturated carbocycles. The summed E-state index contributed by atoms with van der Waals surface area (Å²) in [5.74, 6) is 0.602. The second-order valence-corrected chi connectivity index (χ2v) is 5.48. The molecule has 1 N–H and O–H groups in total. The highest BCUT2D eigenvalue weighted by Crippen LogP contribution is 2.50. The zero-order valence-electron chi connectivity index (χ0n) is 10.8. The zero-order chi connectivity index (χ0) is 13.0. The van der Waals surface area contributed by atoms with Gasteiger partial charge in [0, 0.05) is 11.3 Å². The van der Waals surface area contributed by atoms with E-state index in [1.165, 1.54) is 11.1 Å². The number of anilines is 1. The van der Waals surface area contributed by atoms with Crippen LogP contribution in [0.25, 0.3) is 0 Å². The SMILES string of the molecule is C[C@@H]1c2ccccc2[C@H]2Nc3ccccc3C(=O)[C@@H]12. The summed E-state index contributed by atoms with van der Waals surface area (Å²) < 4.78 is 0. The number of nitrogens with one attached hydrogen (secondary N) is 1. The number of benzene rings is 2. The maximum Gasteiger partial charge on any atom is 0.171 e. The van der Waals surface area contributed by atoms with E-state index in [2.05, 4.69) is 36.5 Å². The van der Waals surface area contributed by atoms with Gasteiger partial charge in [-0.1, -0.05) is 43.3 Å². The van der Waals surface area contributed by atoms with Crippen LogP contribution < -0.4 is 5.32 Å². The van der Waals surface area contributed by atoms with Crippen molar-refractivity contribution in [2.75, 3.05) is 5.32 Å². The lowest BCUT2D eigenvalue weighted by Crippen LogP contribution is -2.31. The highest BCUT2D eigenvalue weighted by Gasteiger charge is 2.45. The fraction of sp³-hybridized carbons (Fsp3) is 0.235. The number of hydrogen-bond acceptors (Lipinski definition) is 2. The van der Waals surface area contributed by atoms with Gasteiger partial charge in [-0.25, -0.2) is 0 Å². The second-order valence-electron chi connectivity index (χ2n) is 5.48. The predicted octanol–water partition coefficient (Wildman–Crippen LogP) is 3.77. The van der Waals surface area contributed by atoms with Crippen LogP contribution in [-0.4, -0.2) is 5.78 Å². The summed E-state index contributed by atoms with van der Waals surface area (Å²) in [6.07, 6.45) is 0. The van der Waals surface area contributed by atoms with Crippen LogP contribution in [-0.2, 0) is 0 Å². The van der Waals surface area contributed by atoms with Crippen LogP contribution in [0.3, 0.4) is 0 Å². The molecular formula is C17H15NO. The number of hydrogen-bond donors (Lipinski definition) is 1. The molecule has 1 aliphatic heterocycles. The molecule has 0 aromatic heterocycles. The third kappa shape index (κ3) is 1.34. The number of carbonyl (C=O) groups excluding carboxylic acids is 1. The van der Waals surface area contributed by atoms with Crippen molar-refractivity contribution in [1.82, 2.24) is 0 Å². The van der Waals surface area contributed by atoms with Gasteiger partial charge < -0.3 is 5.32 Å². The molecule has 94 valence electrons. The maximum atomic E-state index is 12.7. The van der Waals surface area contributed by atoms with E-state index in [1.807, 2.05) is 24.3 Å². The molecule has 1 heterocycles. The quantitative estimate of drug-likeness (QED) is 0.770. The summed E-state index contributed by atoms with van der Waals surface area (Å²) >= 11 is 0. The van der Waals surface area contributed by atoms with Crippen LogP contribution in [0.1, 0.15) is 40.4 Å². The van der Waals surface area contributed by atoms with E-state index >= 15 is 0 Å². The highest BCUT2D eigenvalue weighted by atomic mass is 16.1. The molecule has 2 aromatic rings. The Morgan fingerprint density at radius 3 is 2.47 bits per heavy atom. The van der Waals surface area contributed by atoms with Gasteiger partial charge in [0.05, 0.1) is 12.0 Å². The topological polar surface area (TPSA) is 29.1 Å². The minimum atomic E-state index is 0.0345. The van der Waals surface area contributed by atoms with Crippen molar-refractivity contribution >= 4 is 11.5 Å². The van der Waals surface area contributed by atoms with Gasteiger partial charge in [-0.3, -0.25) is 4.79 Å². The molecule has 19 heavy (non-hydrogen) atoms. The average Bonchev–Trinajstić information content (AvgIpc) is 2.74. The number of fused-ring (bicyclic) bond motifs is 4. The third-order valence-corrected chi connectivity index (χ3v) is 4.53. The van der Waals surface area contributed by atoms with Crippen molar-refractivity contribution in [3.8, 4) is 0 Å². The van der Waals surface area contributed by atoms with Crippen LogP contribution in [0.4, 0.5) is 5.69 Å². The predicted molar refractivity (Wildman–Crippen MR) is 75.5 cm³/mol. The van der Waals surface area contributed by atoms with Gasteiger partial charge in [0.1, 0.15) is 0 Å². The molecular weight excluding hydrogens is 234 g/mol. The molecule has 1 aliphatic carbocycles. The highest BCUT2D eigenvalue weighted by molar-refractivity contribution is 6.06. The Morgan fingerprint density at radius 1 is 0.947 bits per heavy atom. The molecule has 0 spiro atoms. The maximum absolute atomic E-state index is 12.7. The summed E-state index contributed by atoms with van der Waals surface area (Å²) in [6.45, 7) is 2.16. The first-order valence-electron chi connectivity index (χ1n) is 6.76. The molecule has 0 saturated heterocycles. The number of para-hydroxylation sites is 1. The third-order valence-electron chi connectivity index (χ3n) is 4.53. The first-order chi connectivity index (χ1) is 9.27. The Balaban J connectivity index is 1.90. The lowest BCUT2D eigenvalue weighted by atomic mass is 9.82. The number of Topliss-reactive ketones (excluding diaryl/α,β-unsaturated/α-hetero) is 1. The van der Waals surface area contributed by atoms with Gasteiger partial charge in [0.25, 0.3) is 0 Å². The summed E-state index contributed by atoms with van der Waals surface area (Å²) in [5, 5.41) is 3.56. The van der Waals surface area contributed by atoms with Gasteiger partial charge in [-0.15, -0.1) is 0 Å². The Morgan fingerprint density at radius 2 is 1.63 bits per heavy atom. The monoisotopic (exact) mass is 249 g/mol. The molecule has 2 heteroatoms. The fourth-order valence-corrected chi connectivity index (χ4v) is 3.60. The molecule has 0 fully saturated rings. The first-order valence-corrected chi connectivity index (χ1v) is 6.76. The van der Waals surface area contributed by atoms with Crippen molar-refractivity contribution in [2.24, 2.45) is 5.92 Å². The number of rotatable bonds is 0. The minimum absolute atomic E-state index is 0.0345. The Bertz CT molecular complexity index is 676. The van der Waals surface area contributed by atoms with E-state index in [-0.39, 0.29) is 23.7 Å². The first kappa shape index (κ1) is 10.8. The fourth-order valence-electron chi connectivity index (χ4n) is 3.60. The molecule has 4 rings (SSSR count). The zero-order valence-corrected chi connectivity index (χ0v) is 10.8. The van der Waals surface area contributed by atoms with E-state index in [9.17, 15) is 4.79 Å². The Hall–Kier alpha value is -2.09. The van der Waals surface area contributed by atoms with Gasteiger partial charge >= 0.3 is 0 Å². The summed E-state index contributed by atoms with van der Waals surface area (Å²) in [4.78, 5) is 12.7.